The molecule has 0 aliphatic rings. The third-order valence-electron chi connectivity index (χ3n) is 5.04. The van der Waals surface area contributed by atoms with Gasteiger partial charge in [-0.1, -0.05) is 55.8 Å². The number of hydrogen-bond donors (Lipinski definition) is 2. The summed E-state index contributed by atoms with van der Waals surface area (Å²) in [5, 5.41) is 7.68. The Hall–Kier alpha value is -2.70. The van der Waals surface area contributed by atoms with Crippen LogP contribution >= 0.6 is 11.6 Å². The van der Waals surface area contributed by atoms with Crippen LogP contribution in [0, 0.1) is 0 Å². The molecule has 0 aliphatic heterocycles. The Balaban J connectivity index is 1.81. The van der Waals surface area contributed by atoms with Crippen molar-refractivity contribution in [3.8, 4) is 0 Å². The van der Waals surface area contributed by atoms with E-state index >= 15 is 0 Å². The van der Waals surface area contributed by atoms with Gasteiger partial charge in [0, 0.05) is 17.1 Å². The van der Waals surface area contributed by atoms with Crippen LogP contribution in [0.5, 0.6) is 0 Å². The SMILES string of the molecule is CCN(CC)C(CCCCNC(=O)c1ccccc1)C(=O)NN=Cc1ccc(Cl)cc1. The van der Waals surface area contributed by atoms with E-state index in [-0.39, 0.29) is 17.9 Å². The molecule has 0 aliphatic carbocycles. The van der Waals surface area contributed by atoms with Crippen molar-refractivity contribution in [2.75, 3.05) is 19.6 Å². The monoisotopic (exact) mass is 442 g/mol. The van der Waals surface area contributed by atoms with Crippen molar-refractivity contribution < 1.29 is 9.59 Å². The number of amides is 2. The molecule has 2 aromatic rings. The zero-order chi connectivity index (χ0) is 22.5. The fourth-order valence-electron chi connectivity index (χ4n) is 3.29. The molecule has 0 bridgehead atoms. The first kappa shape index (κ1) is 24.6. The number of halogens is 1. The van der Waals surface area contributed by atoms with Crippen molar-refractivity contribution in [1.29, 1.82) is 0 Å². The highest BCUT2D eigenvalue weighted by atomic mass is 35.5. The summed E-state index contributed by atoms with van der Waals surface area (Å²) >= 11 is 5.88. The number of benzene rings is 2. The largest absolute Gasteiger partial charge is 0.352 e. The number of hydrazone groups is 1. The molecule has 2 amide bonds. The number of nitrogens with one attached hydrogen (secondary N) is 2. The summed E-state index contributed by atoms with van der Waals surface area (Å²) in [6, 6.07) is 16.1. The Morgan fingerprint density at radius 2 is 1.71 bits per heavy atom. The van der Waals surface area contributed by atoms with Gasteiger partial charge in [0.15, 0.2) is 0 Å². The molecule has 31 heavy (non-hydrogen) atoms. The molecule has 7 heteroatoms. The second kappa shape index (κ2) is 13.6. The topological polar surface area (TPSA) is 73.8 Å². The van der Waals surface area contributed by atoms with Crippen molar-refractivity contribution in [3.63, 3.8) is 0 Å². The van der Waals surface area contributed by atoms with Crippen molar-refractivity contribution in [2.24, 2.45) is 5.10 Å². The molecule has 0 spiro atoms. The lowest BCUT2D eigenvalue weighted by atomic mass is 10.1. The van der Waals surface area contributed by atoms with Gasteiger partial charge in [0.25, 0.3) is 11.8 Å². The standard InChI is InChI=1S/C24H31ClN4O2/c1-3-29(4-2)22(24(31)28-27-18-19-13-15-21(25)16-14-19)12-8-9-17-26-23(30)20-10-6-5-7-11-20/h5-7,10-11,13-16,18,22H,3-4,8-9,12,17H2,1-2H3,(H,26,30)(H,28,31). The predicted octanol–water partition coefficient (Wildman–Crippen LogP) is 4.10. The van der Waals surface area contributed by atoms with Crippen LogP contribution in [0.2, 0.25) is 5.02 Å². The number of likely N-dealkylation sites (N-methyl/N-ethyl adjacent to an activating group) is 1. The Kier molecular flexibility index (Phi) is 10.8. The minimum absolute atomic E-state index is 0.0739. The molecule has 2 rings (SSSR count). The minimum atomic E-state index is -0.262. The van der Waals surface area contributed by atoms with Crippen LogP contribution in [0.25, 0.3) is 0 Å². The van der Waals surface area contributed by atoms with Gasteiger partial charge in [-0.2, -0.15) is 5.10 Å². The second-order valence-electron chi connectivity index (χ2n) is 7.14. The van der Waals surface area contributed by atoms with E-state index in [0.717, 1.165) is 31.5 Å². The predicted molar refractivity (Wildman–Crippen MR) is 127 cm³/mol. The van der Waals surface area contributed by atoms with E-state index in [0.29, 0.717) is 23.6 Å². The highest BCUT2D eigenvalue weighted by Gasteiger charge is 2.23. The summed E-state index contributed by atoms with van der Waals surface area (Å²) in [6.07, 6.45) is 3.93. The van der Waals surface area contributed by atoms with E-state index in [1.54, 1.807) is 30.5 Å². The van der Waals surface area contributed by atoms with Gasteiger partial charge in [-0.05, 0) is 62.2 Å². The van der Waals surface area contributed by atoms with Gasteiger partial charge in [-0.25, -0.2) is 5.43 Å². The second-order valence-corrected chi connectivity index (χ2v) is 7.58. The highest BCUT2D eigenvalue weighted by Crippen LogP contribution is 2.10. The summed E-state index contributed by atoms with van der Waals surface area (Å²) in [5.41, 5.74) is 4.18. The lowest BCUT2D eigenvalue weighted by Gasteiger charge is -2.28. The summed E-state index contributed by atoms with van der Waals surface area (Å²) in [7, 11) is 0. The maximum absolute atomic E-state index is 12.7. The maximum Gasteiger partial charge on any atom is 0.257 e. The zero-order valence-corrected chi connectivity index (χ0v) is 18.9. The minimum Gasteiger partial charge on any atom is -0.352 e. The van der Waals surface area contributed by atoms with Crippen LogP contribution in [0.1, 0.15) is 49.0 Å². The van der Waals surface area contributed by atoms with Crippen LogP contribution in [0.4, 0.5) is 0 Å². The van der Waals surface area contributed by atoms with E-state index in [1.807, 2.05) is 44.2 Å². The van der Waals surface area contributed by atoms with Crippen molar-refractivity contribution in [3.05, 3.63) is 70.7 Å². The first-order valence-electron chi connectivity index (χ1n) is 10.7. The van der Waals surface area contributed by atoms with Gasteiger partial charge in [0.05, 0.1) is 12.3 Å². The van der Waals surface area contributed by atoms with Gasteiger partial charge in [0.2, 0.25) is 0 Å². The van der Waals surface area contributed by atoms with Crippen molar-refractivity contribution in [2.45, 2.75) is 39.2 Å². The number of carbonyl (C=O) groups is 2. The summed E-state index contributed by atoms with van der Waals surface area (Å²) in [5.74, 6) is -0.197. The van der Waals surface area contributed by atoms with E-state index in [1.165, 1.54) is 0 Å². The Labute approximate surface area is 189 Å². The highest BCUT2D eigenvalue weighted by molar-refractivity contribution is 6.30. The van der Waals surface area contributed by atoms with Gasteiger partial charge in [-0.3, -0.25) is 14.5 Å². The molecule has 2 N–H and O–H groups in total. The molecule has 0 radical (unpaired) electrons. The quantitative estimate of drug-likeness (QED) is 0.295. The van der Waals surface area contributed by atoms with Gasteiger partial charge in [-0.15, -0.1) is 0 Å². The third kappa shape index (κ3) is 8.52. The molecule has 0 aromatic heterocycles. The van der Waals surface area contributed by atoms with Crippen molar-refractivity contribution >= 4 is 29.6 Å². The lowest BCUT2D eigenvalue weighted by Crippen LogP contribution is -2.45. The van der Waals surface area contributed by atoms with Crippen LogP contribution in [0.3, 0.4) is 0 Å². The summed E-state index contributed by atoms with van der Waals surface area (Å²) < 4.78 is 0. The molecule has 1 atom stereocenters. The van der Waals surface area contributed by atoms with Crippen LogP contribution < -0.4 is 10.7 Å². The van der Waals surface area contributed by atoms with Crippen LogP contribution in [-0.4, -0.2) is 48.6 Å². The van der Waals surface area contributed by atoms with E-state index in [2.05, 4.69) is 20.7 Å². The molecular weight excluding hydrogens is 412 g/mol. The smallest absolute Gasteiger partial charge is 0.257 e. The lowest BCUT2D eigenvalue weighted by molar-refractivity contribution is -0.126. The third-order valence-corrected chi connectivity index (χ3v) is 5.29. The molecule has 166 valence electrons. The Morgan fingerprint density at radius 3 is 2.35 bits per heavy atom. The number of hydrogen-bond acceptors (Lipinski definition) is 4. The van der Waals surface area contributed by atoms with Crippen LogP contribution in [0.15, 0.2) is 59.7 Å². The van der Waals surface area contributed by atoms with Gasteiger partial charge in [0.1, 0.15) is 0 Å². The van der Waals surface area contributed by atoms with Crippen molar-refractivity contribution in [1.82, 2.24) is 15.6 Å². The fraction of sp³-hybridized carbons (Fsp3) is 0.375. The van der Waals surface area contributed by atoms with Crippen LogP contribution in [-0.2, 0) is 4.79 Å². The first-order chi connectivity index (χ1) is 15.0. The fourth-order valence-corrected chi connectivity index (χ4v) is 3.42. The first-order valence-corrected chi connectivity index (χ1v) is 11.1. The molecule has 0 fully saturated rings. The van der Waals surface area contributed by atoms with E-state index < -0.39 is 0 Å². The Morgan fingerprint density at radius 1 is 1.03 bits per heavy atom. The average Bonchev–Trinajstić information content (AvgIpc) is 2.80. The molecule has 0 saturated heterocycles. The number of rotatable bonds is 12. The van der Waals surface area contributed by atoms with E-state index in [4.69, 9.17) is 11.6 Å². The summed E-state index contributed by atoms with van der Waals surface area (Å²) in [4.78, 5) is 27.0. The number of carbonyl (C=O) groups excluding carboxylic acids is 2. The number of unbranched alkanes of at least 4 members (excludes halogenated alkanes) is 1. The maximum atomic E-state index is 12.7. The van der Waals surface area contributed by atoms with Gasteiger partial charge < -0.3 is 5.32 Å². The summed E-state index contributed by atoms with van der Waals surface area (Å²) in [6.45, 7) is 6.22. The molecule has 2 aromatic carbocycles. The normalized spacial score (nSPS) is 12.1. The number of nitrogens with zero attached hydrogens (tertiary/aromatic N) is 2. The average molecular weight is 443 g/mol. The molecular formula is C24H31ClN4O2. The molecule has 0 heterocycles. The molecule has 0 saturated carbocycles. The zero-order valence-electron chi connectivity index (χ0n) is 18.2. The Bertz CT molecular complexity index is 836. The molecule has 6 nitrogen and oxygen atoms in total. The molecule has 1 unspecified atom stereocenters. The van der Waals surface area contributed by atoms with Gasteiger partial charge >= 0.3 is 0 Å². The van der Waals surface area contributed by atoms with E-state index in [9.17, 15) is 9.59 Å².